The van der Waals surface area contributed by atoms with E-state index in [1.54, 1.807) is 19.1 Å². The molecule has 1 aromatic heterocycles. The second-order valence-corrected chi connectivity index (χ2v) is 3.55. The largest absolute Gasteiger partial charge is 0.345 e. The van der Waals surface area contributed by atoms with Gasteiger partial charge >= 0.3 is 0 Å². The molecule has 1 aromatic carbocycles. The van der Waals surface area contributed by atoms with E-state index in [2.05, 4.69) is 20.5 Å². The van der Waals surface area contributed by atoms with Crippen LogP contribution in [0.3, 0.4) is 0 Å². The zero-order valence-corrected chi connectivity index (χ0v) is 9.20. The molecule has 0 aliphatic rings. The van der Waals surface area contributed by atoms with Gasteiger partial charge in [0, 0.05) is 6.54 Å². The van der Waals surface area contributed by atoms with Crippen molar-refractivity contribution in [2.75, 3.05) is 0 Å². The van der Waals surface area contributed by atoms with Gasteiger partial charge in [0.25, 0.3) is 5.91 Å². The van der Waals surface area contributed by atoms with E-state index in [0.29, 0.717) is 12.4 Å². The number of nitrogens with one attached hydrogen (secondary N) is 2. The lowest BCUT2D eigenvalue weighted by Gasteiger charge is -2.02. The molecule has 0 spiro atoms. The predicted molar refractivity (Wildman–Crippen MR) is 58.7 cm³/mol. The zero-order valence-electron chi connectivity index (χ0n) is 9.20. The summed E-state index contributed by atoms with van der Waals surface area (Å²) >= 11 is 0. The fourth-order valence-corrected chi connectivity index (χ4v) is 1.31. The normalized spacial score (nSPS) is 10.2. The highest BCUT2D eigenvalue weighted by Gasteiger charge is 2.10. The van der Waals surface area contributed by atoms with Crippen molar-refractivity contribution >= 4 is 5.91 Å². The number of carbonyl (C=O) groups is 1. The molecule has 0 aliphatic heterocycles. The molecule has 0 radical (unpaired) electrons. The van der Waals surface area contributed by atoms with E-state index in [1.165, 1.54) is 12.1 Å². The minimum atomic E-state index is -0.362. The second kappa shape index (κ2) is 4.73. The molecule has 2 aromatic rings. The monoisotopic (exact) mass is 234 g/mol. The van der Waals surface area contributed by atoms with Crippen molar-refractivity contribution in [1.82, 2.24) is 20.5 Å². The van der Waals surface area contributed by atoms with Crippen LogP contribution in [0.4, 0.5) is 4.39 Å². The summed E-state index contributed by atoms with van der Waals surface area (Å²) in [5, 5.41) is 8.96. The molecule has 0 atom stereocenters. The fourth-order valence-electron chi connectivity index (χ4n) is 1.31. The highest BCUT2D eigenvalue weighted by atomic mass is 19.1. The Hall–Kier alpha value is -2.24. The van der Waals surface area contributed by atoms with Crippen LogP contribution in [0.5, 0.6) is 0 Å². The number of aromatic amines is 1. The number of aromatic nitrogens is 3. The molecule has 0 aliphatic carbocycles. The lowest BCUT2D eigenvalue weighted by molar-refractivity contribution is 0.0941. The molecule has 0 bridgehead atoms. The van der Waals surface area contributed by atoms with E-state index in [0.717, 1.165) is 5.56 Å². The van der Waals surface area contributed by atoms with Gasteiger partial charge in [-0.05, 0) is 24.6 Å². The third-order valence-corrected chi connectivity index (χ3v) is 2.17. The van der Waals surface area contributed by atoms with Crippen LogP contribution in [0.25, 0.3) is 0 Å². The fraction of sp³-hybridized carbons (Fsp3) is 0.182. The molecule has 0 unspecified atom stereocenters. The Morgan fingerprint density at radius 1 is 1.41 bits per heavy atom. The van der Waals surface area contributed by atoms with Crippen LogP contribution >= 0.6 is 0 Å². The quantitative estimate of drug-likeness (QED) is 0.837. The maximum absolute atomic E-state index is 12.6. The van der Waals surface area contributed by atoms with Crippen molar-refractivity contribution in [3.63, 3.8) is 0 Å². The van der Waals surface area contributed by atoms with Crippen LogP contribution in [-0.2, 0) is 6.54 Å². The number of aryl methyl sites for hydroxylation is 1. The van der Waals surface area contributed by atoms with E-state index in [1.807, 2.05) is 0 Å². The van der Waals surface area contributed by atoms with Crippen molar-refractivity contribution in [3.8, 4) is 0 Å². The van der Waals surface area contributed by atoms with Crippen LogP contribution in [0, 0.1) is 12.7 Å². The van der Waals surface area contributed by atoms with Gasteiger partial charge in [0.2, 0.25) is 5.82 Å². The molecule has 0 saturated carbocycles. The first-order chi connectivity index (χ1) is 8.15. The third-order valence-electron chi connectivity index (χ3n) is 2.17. The molecule has 88 valence electrons. The number of hydrogen-bond acceptors (Lipinski definition) is 3. The Balaban J connectivity index is 1.94. The maximum atomic E-state index is 12.6. The van der Waals surface area contributed by atoms with Gasteiger partial charge < -0.3 is 5.32 Å². The average Bonchev–Trinajstić information content (AvgIpc) is 2.75. The molecular formula is C11H11FN4O. The average molecular weight is 234 g/mol. The van der Waals surface area contributed by atoms with Gasteiger partial charge in [0.05, 0.1) is 0 Å². The number of rotatable bonds is 3. The Bertz CT molecular complexity index is 521. The summed E-state index contributed by atoms with van der Waals surface area (Å²) < 4.78 is 12.6. The summed E-state index contributed by atoms with van der Waals surface area (Å²) in [4.78, 5) is 15.5. The number of amides is 1. The molecular weight excluding hydrogens is 223 g/mol. The molecule has 1 heterocycles. The first-order valence-electron chi connectivity index (χ1n) is 5.07. The topological polar surface area (TPSA) is 70.7 Å². The number of H-pyrrole nitrogens is 1. The van der Waals surface area contributed by atoms with Crippen molar-refractivity contribution in [3.05, 3.63) is 47.3 Å². The Morgan fingerprint density at radius 2 is 2.12 bits per heavy atom. The zero-order chi connectivity index (χ0) is 12.3. The Morgan fingerprint density at radius 3 is 2.71 bits per heavy atom. The van der Waals surface area contributed by atoms with Gasteiger partial charge in [-0.2, -0.15) is 0 Å². The summed E-state index contributed by atoms with van der Waals surface area (Å²) in [7, 11) is 0. The SMILES string of the molecule is Cc1nc(C(=O)NCc2ccc(F)cc2)n[nH]1. The summed E-state index contributed by atoms with van der Waals surface area (Å²) in [6.45, 7) is 2.02. The minimum Gasteiger partial charge on any atom is -0.345 e. The van der Waals surface area contributed by atoms with Crippen molar-refractivity contribution in [1.29, 1.82) is 0 Å². The van der Waals surface area contributed by atoms with Gasteiger partial charge in [-0.1, -0.05) is 12.1 Å². The van der Waals surface area contributed by atoms with E-state index in [9.17, 15) is 9.18 Å². The van der Waals surface area contributed by atoms with E-state index in [-0.39, 0.29) is 17.5 Å². The first-order valence-corrected chi connectivity index (χ1v) is 5.07. The highest BCUT2D eigenvalue weighted by molar-refractivity contribution is 5.90. The number of nitrogens with zero attached hydrogens (tertiary/aromatic N) is 2. The molecule has 5 nitrogen and oxygen atoms in total. The minimum absolute atomic E-state index is 0.101. The van der Waals surface area contributed by atoms with Gasteiger partial charge in [0.15, 0.2) is 0 Å². The molecule has 0 fully saturated rings. The Labute approximate surface area is 97.1 Å². The van der Waals surface area contributed by atoms with Crippen LogP contribution in [0.1, 0.15) is 22.0 Å². The summed E-state index contributed by atoms with van der Waals surface area (Å²) in [5.41, 5.74) is 0.812. The lowest BCUT2D eigenvalue weighted by atomic mass is 10.2. The first kappa shape index (κ1) is 11.3. The summed E-state index contributed by atoms with van der Waals surface area (Å²) in [6, 6.07) is 5.91. The molecule has 2 rings (SSSR count). The summed E-state index contributed by atoms with van der Waals surface area (Å²) in [6.07, 6.45) is 0. The number of hydrogen-bond donors (Lipinski definition) is 2. The maximum Gasteiger partial charge on any atom is 0.291 e. The van der Waals surface area contributed by atoms with Crippen LogP contribution in [-0.4, -0.2) is 21.1 Å². The molecule has 17 heavy (non-hydrogen) atoms. The van der Waals surface area contributed by atoms with Gasteiger partial charge in [-0.15, -0.1) is 5.10 Å². The van der Waals surface area contributed by atoms with E-state index >= 15 is 0 Å². The third kappa shape index (κ3) is 2.87. The highest BCUT2D eigenvalue weighted by Crippen LogP contribution is 2.02. The lowest BCUT2D eigenvalue weighted by Crippen LogP contribution is -2.24. The van der Waals surface area contributed by atoms with Crippen molar-refractivity contribution in [2.45, 2.75) is 13.5 Å². The van der Waals surface area contributed by atoms with Crippen molar-refractivity contribution < 1.29 is 9.18 Å². The second-order valence-electron chi connectivity index (χ2n) is 3.55. The van der Waals surface area contributed by atoms with Crippen molar-refractivity contribution in [2.24, 2.45) is 0 Å². The van der Waals surface area contributed by atoms with Gasteiger partial charge in [-0.3, -0.25) is 9.89 Å². The molecule has 0 saturated heterocycles. The van der Waals surface area contributed by atoms with Crippen LogP contribution in [0.2, 0.25) is 0 Å². The standard InChI is InChI=1S/C11H11FN4O/c1-7-14-10(16-15-7)11(17)13-6-8-2-4-9(12)5-3-8/h2-5H,6H2,1H3,(H,13,17)(H,14,15,16). The predicted octanol–water partition coefficient (Wildman–Crippen LogP) is 1.18. The smallest absolute Gasteiger partial charge is 0.291 e. The van der Waals surface area contributed by atoms with Crippen LogP contribution in [0.15, 0.2) is 24.3 Å². The molecule has 1 amide bonds. The Kier molecular flexibility index (Phi) is 3.13. The van der Waals surface area contributed by atoms with Crippen LogP contribution < -0.4 is 5.32 Å². The molecule has 2 N–H and O–H groups in total. The number of carbonyl (C=O) groups excluding carboxylic acids is 1. The van der Waals surface area contributed by atoms with Gasteiger partial charge in [0.1, 0.15) is 11.6 Å². The number of benzene rings is 1. The number of halogens is 1. The van der Waals surface area contributed by atoms with E-state index in [4.69, 9.17) is 0 Å². The molecule has 6 heteroatoms. The summed E-state index contributed by atoms with van der Waals surface area (Å²) in [5.74, 6) is 0.0184. The van der Waals surface area contributed by atoms with Gasteiger partial charge in [-0.25, -0.2) is 9.37 Å². The van der Waals surface area contributed by atoms with E-state index < -0.39 is 0 Å².